The number of aromatic nitrogens is 4. The first-order chi connectivity index (χ1) is 10.9. The van der Waals surface area contributed by atoms with Crippen LogP contribution in [0.3, 0.4) is 0 Å². The molecule has 1 heterocycles. The first-order valence-corrected chi connectivity index (χ1v) is 8.13. The van der Waals surface area contributed by atoms with E-state index in [1.54, 1.807) is 26.0 Å². The molecule has 23 heavy (non-hydrogen) atoms. The smallest absolute Gasteiger partial charge is 0.240 e. The molecule has 0 amide bonds. The lowest BCUT2D eigenvalue weighted by molar-refractivity contribution is 0.570. The molecule has 0 aliphatic carbocycles. The second kappa shape index (κ2) is 6.99. The largest absolute Gasteiger partial charge is 0.360 e. The van der Waals surface area contributed by atoms with Crippen molar-refractivity contribution in [3.05, 3.63) is 36.3 Å². The van der Waals surface area contributed by atoms with E-state index >= 15 is 0 Å². The number of H-pyrrole nitrogens is 1. The van der Waals surface area contributed by atoms with Crippen molar-refractivity contribution in [1.82, 2.24) is 25.3 Å². The minimum absolute atomic E-state index is 0.127. The van der Waals surface area contributed by atoms with Gasteiger partial charge in [0.25, 0.3) is 0 Å². The summed E-state index contributed by atoms with van der Waals surface area (Å²) in [5.41, 5.74) is 0.667. The molecule has 2 aromatic rings. The van der Waals surface area contributed by atoms with Gasteiger partial charge in [0.1, 0.15) is 11.6 Å². The maximum atomic E-state index is 12.1. The van der Waals surface area contributed by atoms with Gasteiger partial charge in [-0.25, -0.2) is 13.1 Å². The third-order valence-electron chi connectivity index (χ3n) is 2.63. The van der Waals surface area contributed by atoms with Gasteiger partial charge in [-0.3, -0.25) is 0 Å². The van der Waals surface area contributed by atoms with Gasteiger partial charge in [0.2, 0.25) is 15.8 Å². The van der Waals surface area contributed by atoms with Gasteiger partial charge < -0.3 is 5.32 Å². The molecule has 1 aromatic heterocycles. The van der Waals surface area contributed by atoms with Gasteiger partial charge in [-0.05, 0) is 37.3 Å². The van der Waals surface area contributed by atoms with E-state index in [4.69, 9.17) is 5.26 Å². The van der Waals surface area contributed by atoms with E-state index < -0.39 is 10.0 Å². The van der Waals surface area contributed by atoms with Crippen molar-refractivity contribution < 1.29 is 8.42 Å². The fourth-order valence-electron chi connectivity index (χ4n) is 1.71. The summed E-state index contributed by atoms with van der Waals surface area (Å²) in [6, 6.07) is 7.95. The quantitative estimate of drug-likeness (QED) is 0.667. The molecule has 0 spiro atoms. The lowest BCUT2D eigenvalue weighted by atomic mass is 10.3. The third kappa shape index (κ3) is 4.35. The summed E-state index contributed by atoms with van der Waals surface area (Å²) in [6.45, 7) is 3.49. The normalized spacial score (nSPS) is 12.2. The van der Waals surface area contributed by atoms with E-state index in [1.807, 2.05) is 6.07 Å². The molecule has 0 saturated carbocycles. The van der Waals surface area contributed by atoms with E-state index in [0.29, 0.717) is 5.69 Å². The first kappa shape index (κ1) is 16.6. The number of benzene rings is 1. The minimum atomic E-state index is -3.58. The molecule has 0 aliphatic rings. The van der Waals surface area contributed by atoms with Crippen molar-refractivity contribution in [2.45, 2.75) is 24.8 Å². The molecule has 0 fully saturated rings. The number of allylic oxidation sites excluding steroid dienone is 1. The maximum Gasteiger partial charge on any atom is 0.240 e. The zero-order chi connectivity index (χ0) is 16.9. The van der Waals surface area contributed by atoms with Crippen LogP contribution in [0.25, 0.3) is 5.57 Å². The van der Waals surface area contributed by atoms with Crippen LogP contribution in [-0.2, 0) is 10.0 Å². The summed E-state index contributed by atoms with van der Waals surface area (Å²) < 4.78 is 26.8. The van der Waals surface area contributed by atoms with Crippen molar-refractivity contribution in [2.24, 2.45) is 0 Å². The monoisotopic (exact) mass is 333 g/mol. The fraction of sp³-hybridized carbons (Fsp3) is 0.231. The molecular formula is C13H15N7O2S. The number of hydrogen-bond acceptors (Lipinski definition) is 7. The van der Waals surface area contributed by atoms with Crippen LogP contribution in [0.4, 0.5) is 5.69 Å². The van der Waals surface area contributed by atoms with Crippen molar-refractivity contribution in [2.75, 3.05) is 5.32 Å². The molecule has 9 nitrogen and oxygen atoms in total. The highest BCUT2D eigenvalue weighted by Crippen LogP contribution is 2.17. The van der Waals surface area contributed by atoms with Crippen LogP contribution in [0, 0.1) is 11.3 Å². The summed E-state index contributed by atoms with van der Waals surface area (Å²) in [7, 11) is -3.58. The van der Waals surface area contributed by atoms with Crippen molar-refractivity contribution in [3.8, 4) is 6.07 Å². The molecule has 0 bridgehead atoms. The average molecular weight is 333 g/mol. The lowest BCUT2D eigenvalue weighted by Crippen LogP contribution is -2.30. The van der Waals surface area contributed by atoms with Crippen molar-refractivity contribution in [3.63, 3.8) is 0 Å². The highest BCUT2D eigenvalue weighted by molar-refractivity contribution is 7.89. The van der Waals surface area contributed by atoms with Gasteiger partial charge in [-0.15, -0.1) is 10.2 Å². The standard InChI is InChI=1S/C13H15N7O2S/c1-9(2)18-23(21,22)12-5-3-4-11(6-12)15-8-10(7-14)13-16-19-20-17-13/h3-6,8-9,15,18H,1-2H3,(H,16,17,19,20). The Bertz CT molecular complexity index is 835. The molecule has 120 valence electrons. The zero-order valence-corrected chi connectivity index (χ0v) is 13.3. The Labute approximate surface area is 133 Å². The number of anilines is 1. The highest BCUT2D eigenvalue weighted by Gasteiger charge is 2.15. The molecule has 0 saturated heterocycles. The van der Waals surface area contributed by atoms with Crippen molar-refractivity contribution in [1.29, 1.82) is 5.26 Å². The molecule has 1 aromatic carbocycles. The Balaban J connectivity index is 2.23. The predicted octanol–water partition coefficient (Wildman–Crippen LogP) is 0.863. The van der Waals surface area contributed by atoms with Gasteiger partial charge in [0, 0.05) is 17.9 Å². The fourth-order valence-corrected chi connectivity index (χ4v) is 3.01. The molecule has 0 radical (unpaired) electrons. The Morgan fingerprint density at radius 1 is 1.43 bits per heavy atom. The minimum Gasteiger partial charge on any atom is -0.360 e. The Hall–Kier alpha value is -2.77. The number of sulfonamides is 1. The molecule has 0 atom stereocenters. The first-order valence-electron chi connectivity index (χ1n) is 6.65. The average Bonchev–Trinajstić information content (AvgIpc) is 3.01. The molecule has 10 heteroatoms. The Kier molecular flexibility index (Phi) is 5.05. The van der Waals surface area contributed by atoms with E-state index in [1.165, 1.54) is 18.3 Å². The number of nitrogens with zero attached hydrogens (tertiary/aromatic N) is 4. The molecule has 0 unspecified atom stereocenters. The topological polar surface area (TPSA) is 136 Å². The molecule has 2 rings (SSSR count). The maximum absolute atomic E-state index is 12.1. The Morgan fingerprint density at radius 2 is 2.22 bits per heavy atom. The number of nitriles is 1. The summed E-state index contributed by atoms with van der Waals surface area (Å²) in [5.74, 6) is 0.144. The van der Waals surface area contributed by atoms with Gasteiger partial charge in [0.05, 0.1) is 4.90 Å². The van der Waals surface area contributed by atoms with E-state index in [0.717, 1.165) is 0 Å². The van der Waals surface area contributed by atoms with Crippen LogP contribution in [0.1, 0.15) is 19.7 Å². The number of nitrogens with one attached hydrogen (secondary N) is 3. The number of tetrazole rings is 1. The van der Waals surface area contributed by atoms with Crippen LogP contribution < -0.4 is 10.0 Å². The van der Waals surface area contributed by atoms with Gasteiger partial charge in [-0.1, -0.05) is 6.07 Å². The van der Waals surface area contributed by atoms with Crippen LogP contribution >= 0.6 is 0 Å². The second-order valence-corrected chi connectivity index (χ2v) is 6.57. The lowest BCUT2D eigenvalue weighted by Gasteiger charge is -2.10. The van der Waals surface area contributed by atoms with E-state index in [-0.39, 0.29) is 22.3 Å². The highest BCUT2D eigenvalue weighted by atomic mass is 32.2. The zero-order valence-electron chi connectivity index (χ0n) is 12.5. The molecule has 0 aliphatic heterocycles. The summed E-state index contributed by atoms with van der Waals surface area (Å²) in [6.07, 6.45) is 1.38. The summed E-state index contributed by atoms with van der Waals surface area (Å²) in [4.78, 5) is 0.127. The van der Waals surface area contributed by atoms with E-state index in [9.17, 15) is 8.42 Å². The summed E-state index contributed by atoms with van der Waals surface area (Å²) >= 11 is 0. The van der Waals surface area contributed by atoms with Crippen LogP contribution in [0.15, 0.2) is 35.4 Å². The van der Waals surface area contributed by atoms with Crippen LogP contribution in [-0.4, -0.2) is 35.1 Å². The number of hydrogen-bond donors (Lipinski definition) is 3. The second-order valence-electron chi connectivity index (χ2n) is 4.85. The number of aromatic amines is 1. The Morgan fingerprint density at radius 3 is 2.83 bits per heavy atom. The molecular weight excluding hydrogens is 318 g/mol. The predicted molar refractivity (Wildman–Crippen MR) is 83.3 cm³/mol. The molecule has 3 N–H and O–H groups in total. The number of rotatable bonds is 6. The van der Waals surface area contributed by atoms with Crippen LogP contribution in [0.2, 0.25) is 0 Å². The van der Waals surface area contributed by atoms with Gasteiger partial charge in [0.15, 0.2) is 0 Å². The van der Waals surface area contributed by atoms with Crippen molar-refractivity contribution >= 4 is 21.3 Å². The van der Waals surface area contributed by atoms with Crippen LogP contribution in [0.5, 0.6) is 0 Å². The SMILES string of the molecule is CC(C)NS(=O)(=O)c1cccc(NC=C(C#N)c2nn[nH]n2)c1. The van der Waals surface area contributed by atoms with E-state index in [2.05, 4.69) is 30.7 Å². The summed E-state index contributed by atoms with van der Waals surface area (Å²) in [5, 5.41) is 25.0. The third-order valence-corrected chi connectivity index (χ3v) is 4.28. The van der Waals surface area contributed by atoms with Gasteiger partial charge in [-0.2, -0.15) is 10.5 Å². The van der Waals surface area contributed by atoms with Gasteiger partial charge >= 0.3 is 0 Å².